The fourth-order valence-corrected chi connectivity index (χ4v) is 5.25. The van der Waals surface area contributed by atoms with Gasteiger partial charge in [0, 0.05) is 54.7 Å². The van der Waals surface area contributed by atoms with Crippen LogP contribution in [-0.2, 0) is 0 Å². The van der Waals surface area contributed by atoms with Crippen molar-refractivity contribution in [2.45, 2.75) is 39.2 Å². The van der Waals surface area contributed by atoms with Crippen molar-refractivity contribution in [3.8, 4) is 11.3 Å². The maximum absolute atomic E-state index is 12.9. The van der Waals surface area contributed by atoms with E-state index in [4.69, 9.17) is 4.42 Å². The monoisotopic (exact) mass is 429 g/mol. The van der Waals surface area contributed by atoms with Gasteiger partial charge in [-0.25, -0.2) is 9.78 Å². The molecule has 1 aliphatic heterocycles. The number of aromatic nitrogens is 3. The van der Waals surface area contributed by atoms with E-state index in [9.17, 15) is 4.79 Å². The Hall–Kier alpha value is -3.19. The summed E-state index contributed by atoms with van der Waals surface area (Å²) in [4.78, 5) is 27.1. The maximum atomic E-state index is 12.9. The molecule has 0 bridgehead atoms. The lowest BCUT2D eigenvalue weighted by Crippen LogP contribution is -2.54. The molecule has 4 aromatic rings. The molecular weight excluding hydrogens is 402 g/mol. The summed E-state index contributed by atoms with van der Waals surface area (Å²) >= 11 is 0. The molecule has 6 rings (SSSR count). The molecule has 1 saturated heterocycles. The summed E-state index contributed by atoms with van der Waals surface area (Å²) in [5, 5.41) is 0.903. The van der Waals surface area contributed by atoms with Gasteiger partial charge in [-0.1, -0.05) is 6.92 Å². The predicted octanol–water partition coefficient (Wildman–Crippen LogP) is 3.79. The topological polar surface area (TPSA) is 66.9 Å². The number of aryl methyl sites for hydroxylation is 2. The summed E-state index contributed by atoms with van der Waals surface area (Å²) in [6.45, 7) is 10.4. The second-order valence-electron chi connectivity index (χ2n) is 9.22. The summed E-state index contributed by atoms with van der Waals surface area (Å²) in [5.74, 6) is 0. The minimum absolute atomic E-state index is 0.348. The zero-order chi connectivity index (χ0) is 22.0. The minimum atomic E-state index is -0.366. The first kappa shape index (κ1) is 19.5. The zero-order valence-electron chi connectivity index (χ0n) is 18.8. The molecule has 32 heavy (non-hydrogen) atoms. The van der Waals surface area contributed by atoms with Crippen LogP contribution in [-0.4, -0.2) is 51.0 Å². The van der Waals surface area contributed by atoms with Crippen molar-refractivity contribution < 1.29 is 4.42 Å². The zero-order valence-corrected chi connectivity index (χ0v) is 18.8. The molecule has 0 N–H and O–H groups in total. The Labute approximate surface area is 186 Å². The summed E-state index contributed by atoms with van der Waals surface area (Å²) in [6.07, 6.45) is 6.33. The lowest BCUT2D eigenvalue weighted by atomic mass is 10.1. The number of hydrogen-bond donors (Lipinski definition) is 0. The fraction of sp³-hybridized carbons (Fsp3) is 0.400. The van der Waals surface area contributed by atoms with Crippen LogP contribution >= 0.6 is 0 Å². The molecule has 1 spiro atoms. The molecule has 2 aliphatic rings. The van der Waals surface area contributed by atoms with Gasteiger partial charge < -0.3 is 13.7 Å². The number of piperazine rings is 1. The molecule has 7 nitrogen and oxygen atoms in total. The smallest absolute Gasteiger partial charge is 0.345 e. The van der Waals surface area contributed by atoms with E-state index < -0.39 is 0 Å². The van der Waals surface area contributed by atoms with Crippen molar-refractivity contribution >= 4 is 22.3 Å². The van der Waals surface area contributed by atoms with Crippen LogP contribution in [0, 0.1) is 13.8 Å². The Balaban J connectivity index is 1.36. The number of nitrogens with zero attached hydrogens (tertiary/aromatic N) is 5. The van der Waals surface area contributed by atoms with E-state index in [1.54, 1.807) is 0 Å². The van der Waals surface area contributed by atoms with Crippen molar-refractivity contribution in [1.82, 2.24) is 19.3 Å². The molecular formula is C25H27N5O2. The van der Waals surface area contributed by atoms with Crippen molar-refractivity contribution in [3.05, 3.63) is 58.5 Å². The molecule has 0 atom stereocenters. The van der Waals surface area contributed by atoms with E-state index in [2.05, 4.69) is 38.8 Å². The molecule has 1 saturated carbocycles. The van der Waals surface area contributed by atoms with Crippen molar-refractivity contribution in [2.24, 2.45) is 0 Å². The lowest BCUT2D eigenvalue weighted by molar-refractivity contribution is 0.167. The van der Waals surface area contributed by atoms with Crippen molar-refractivity contribution in [3.63, 3.8) is 0 Å². The molecule has 1 aromatic carbocycles. The summed E-state index contributed by atoms with van der Waals surface area (Å²) < 4.78 is 7.70. The first-order valence-electron chi connectivity index (χ1n) is 11.4. The first-order valence-corrected chi connectivity index (χ1v) is 11.4. The Morgan fingerprint density at radius 2 is 1.94 bits per heavy atom. The highest BCUT2D eigenvalue weighted by Gasteiger charge is 2.50. The molecule has 0 amide bonds. The Morgan fingerprint density at radius 1 is 1.09 bits per heavy atom. The minimum Gasteiger partial charge on any atom is -0.422 e. The van der Waals surface area contributed by atoms with Gasteiger partial charge in [0.1, 0.15) is 5.58 Å². The van der Waals surface area contributed by atoms with Crippen LogP contribution in [0.5, 0.6) is 0 Å². The highest BCUT2D eigenvalue weighted by molar-refractivity contribution is 5.84. The van der Waals surface area contributed by atoms with E-state index in [1.165, 1.54) is 12.8 Å². The van der Waals surface area contributed by atoms with Gasteiger partial charge in [0.05, 0.1) is 22.6 Å². The molecule has 7 heteroatoms. The first-order chi connectivity index (χ1) is 15.5. The Kier molecular flexibility index (Phi) is 4.21. The third kappa shape index (κ3) is 3.03. The van der Waals surface area contributed by atoms with Crippen LogP contribution in [0.4, 0.5) is 5.69 Å². The predicted molar refractivity (Wildman–Crippen MR) is 125 cm³/mol. The van der Waals surface area contributed by atoms with E-state index in [0.29, 0.717) is 22.4 Å². The molecule has 2 fully saturated rings. The molecule has 4 heterocycles. The molecule has 0 unspecified atom stereocenters. The number of imidazole rings is 1. The third-order valence-electron chi connectivity index (χ3n) is 7.09. The fourth-order valence-electron chi connectivity index (χ4n) is 5.25. The molecule has 164 valence electrons. The van der Waals surface area contributed by atoms with Gasteiger partial charge in [-0.3, -0.25) is 9.88 Å². The number of fused-ring (bicyclic) bond motifs is 2. The van der Waals surface area contributed by atoms with E-state index >= 15 is 0 Å². The molecule has 3 aromatic heterocycles. The maximum Gasteiger partial charge on any atom is 0.345 e. The number of rotatable bonds is 3. The quantitative estimate of drug-likeness (QED) is 0.462. The Morgan fingerprint density at radius 3 is 2.72 bits per heavy atom. The third-order valence-corrected chi connectivity index (χ3v) is 7.09. The van der Waals surface area contributed by atoms with Crippen LogP contribution in [0.2, 0.25) is 0 Å². The van der Waals surface area contributed by atoms with E-state index in [0.717, 1.165) is 54.3 Å². The van der Waals surface area contributed by atoms with E-state index in [1.807, 2.05) is 42.8 Å². The number of anilines is 1. The van der Waals surface area contributed by atoms with Crippen LogP contribution in [0.15, 0.2) is 45.9 Å². The molecule has 1 aliphatic carbocycles. The van der Waals surface area contributed by atoms with Gasteiger partial charge in [0.25, 0.3) is 0 Å². The normalized spacial score (nSPS) is 18.2. The summed E-state index contributed by atoms with van der Waals surface area (Å²) in [6, 6.07) is 8.10. The van der Waals surface area contributed by atoms with Gasteiger partial charge >= 0.3 is 5.63 Å². The van der Waals surface area contributed by atoms with Gasteiger partial charge in [-0.15, -0.1) is 0 Å². The SMILES string of the molecule is CCN1CCN(c2ccc3cc(-c4cn5cc(C)nc(C)c5n4)c(=O)oc3c2)CC12CC2. The van der Waals surface area contributed by atoms with Crippen LogP contribution in [0.1, 0.15) is 31.2 Å². The second-order valence-corrected chi connectivity index (χ2v) is 9.22. The van der Waals surface area contributed by atoms with Crippen molar-refractivity contribution in [1.29, 1.82) is 0 Å². The average molecular weight is 430 g/mol. The summed E-state index contributed by atoms with van der Waals surface area (Å²) in [5.41, 5.74) is 5.30. The highest BCUT2D eigenvalue weighted by Crippen LogP contribution is 2.45. The lowest BCUT2D eigenvalue weighted by Gasteiger charge is -2.42. The van der Waals surface area contributed by atoms with Gasteiger partial charge in [-0.2, -0.15) is 0 Å². The molecule has 0 radical (unpaired) electrons. The van der Waals surface area contributed by atoms with E-state index in [-0.39, 0.29) is 5.63 Å². The second kappa shape index (κ2) is 6.90. The van der Waals surface area contributed by atoms with Gasteiger partial charge in [-0.05, 0) is 51.4 Å². The van der Waals surface area contributed by atoms with Gasteiger partial charge in [0.2, 0.25) is 0 Å². The number of likely N-dealkylation sites (N-methyl/N-ethyl adjacent to an activating group) is 1. The van der Waals surface area contributed by atoms with Crippen molar-refractivity contribution in [2.75, 3.05) is 31.1 Å². The van der Waals surface area contributed by atoms with Gasteiger partial charge in [0.15, 0.2) is 5.65 Å². The highest BCUT2D eigenvalue weighted by atomic mass is 16.4. The number of hydrogen-bond acceptors (Lipinski definition) is 6. The van der Waals surface area contributed by atoms with Crippen LogP contribution in [0.3, 0.4) is 0 Å². The summed E-state index contributed by atoms with van der Waals surface area (Å²) in [7, 11) is 0. The Bertz CT molecular complexity index is 1420. The standard InChI is InChI=1S/C25H27N5O2/c1-4-30-10-9-28(15-25(30)7-8-25)19-6-5-18-11-20(24(31)32-22(18)12-19)21-14-29-13-16(2)26-17(3)23(29)27-21/h5-6,11-14H,4,7-10,15H2,1-3H3. The largest absolute Gasteiger partial charge is 0.422 e. The number of benzene rings is 1. The van der Waals surface area contributed by atoms with Crippen LogP contribution < -0.4 is 10.5 Å². The average Bonchev–Trinajstić information content (AvgIpc) is 3.39. The van der Waals surface area contributed by atoms with Crippen LogP contribution in [0.25, 0.3) is 27.9 Å².